The van der Waals surface area contributed by atoms with Gasteiger partial charge in [-0.15, -0.1) is 0 Å². The van der Waals surface area contributed by atoms with Crippen molar-refractivity contribution in [1.29, 1.82) is 0 Å². The summed E-state index contributed by atoms with van der Waals surface area (Å²) in [6.07, 6.45) is 4.14. The molecule has 0 aliphatic carbocycles. The quantitative estimate of drug-likeness (QED) is 0.649. The predicted octanol–water partition coefficient (Wildman–Crippen LogP) is 4.18. The van der Waals surface area contributed by atoms with Crippen molar-refractivity contribution in [2.75, 3.05) is 19.6 Å². The molecule has 1 heterocycles. The zero-order chi connectivity index (χ0) is 12.4. The normalized spacial score (nSPS) is 19.9. The summed E-state index contributed by atoms with van der Waals surface area (Å²) < 4.78 is 0. The lowest BCUT2D eigenvalue weighted by molar-refractivity contribution is 0.0235. The summed E-state index contributed by atoms with van der Waals surface area (Å²) in [5.41, 5.74) is 1.03. The molecule has 1 saturated heterocycles. The molecule has 1 fully saturated rings. The van der Waals surface area contributed by atoms with Crippen LogP contribution in [0.1, 0.15) is 60.8 Å². The van der Waals surface area contributed by atoms with Crippen molar-refractivity contribution in [2.45, 2.75) is 60.8 Å². The van der Waals surface area contributed by atoms with Gasteiger partial charge in [0.05, 0.1) is 0 Å². The van der Waals surface area contributed by atoms with Crippen LogP contribution in [0.2, 0.25) is 0 Å². The van der Waals surface area contributed by atoms with Gasteiger partial charge < -0.3 is 4.90 Å². The highest BCUT2D eigenvalue weighted by Crippen LogP contribution is 2.33. The van der Waals surface area contributed by atoms with Crippen LogP contribution >= 0.6 is 0 Å². The highest BCUT2D eigenvalue weighted by molar-refractivity contribution is 4.87. The minimum absolute atomic E-state index is 0.516. The molecule has 0 unspecified atom stereocenters. The van der Waals surface area contributed by atoms with Crippen LogP contribution in [0, 0.1) is 16.7 Å². The van der Waals surface area contributed by atoms with Crippen molar-refractivity contribution in [2.24, 2.45) is 16.7 Å². The first-order valence-corrected chi connectivity index (χ1v) is 6.91. The van der Waals surface area contributed by atoms with Crippen LogP contribution in [0.3, 0.4) is 0 Å². The lowest BCUT2D eigenvalue weighted by Gasteiger charge is -2.46. The van der Waals surface area contributed by atoms with Gasteiger partial charge in [-0.1, -0.05) is 48.0 Å². The van der Waals surface area contributed by atoms with Crippen molar-refractivity contribution in [1.82, 2.24) is 4.90 Å². The van der Waals surface area contributed by atoms with Crippen LogP contribution in [-0.2, 0) is 0 Å². The van der Waals surface area contributed by atoms with E-state index in [0.717, 1.165) is 5.92 Å². The van der Waals surface area contributed by atoms with Crippen LogP contribution in [-0.4, -0.2) is 24.5 Å². The fourth-order valence-electron chi connectivity index (χ4n) is 2.29. The molecule has 0 aromatic carbocycles. The smallest absolute Gasteiger partial charge is 0.00270 e. The molecule has 1 aliphatic heterocycles. The number of nitrogens with zero attached hydrogens (tertiary/aromatic N) is 1. The summed E-state index contributed by atoms with van der Waals surface area (Å²) in [5.74, 6) is 0.926. The van der Waals surface area contributed by atoms with Crippen LogP contribution < -0.4 is 0 Å². The Kier molecular flexibility index (Phi) is 4.45. The largest absolute Gasteiger partial charge is 0.303 e. The molecule has 0 amide bonds. The molecule has 1 rings (SSSR count). The van der Waals surface area contributed by atoms with Gasteiger partial charge in [0.2, 0.25) is 0 Å². The van der Waals surface area contributed by atoms with Crippen molar-refractivity contribution in [3.05, 3.63) is 0 Å². The lowest BCUT2D eigenvalue weighted by Crippen LogP contribution is -2.52. The van der Waals surface area contributed by atoms with E-state index in [1.54, 1.807) is 0 Å². The van der Waals surface area contributed by atoms with Gasteiger partial charge in [0.1, 0.15) is 0 Å². The molecule has 1 aliphatic rings. The molecule has 0 aromatic rings. The van der Waals surface area contributed by atoms with E-state index in [-0.39, 0.29) is 0 Å². The Morgan fingerprint density at radius 3 is 1.94 bits per heavy atom. The Hall–Kier alpha value is -0.0400. The van der Waals surface area contributed by atoms with E-state index < -0.39 is 0 Å². The van der Waals surface area contributed by atoms with Crippen LogP contribution in [0.25, 0.3) is 0 Å². The molecule has 16 heavy (non-hydrogen) atoms. The molecule has 0 saturated carbocycles. The van der Waals surface area contributed by atoms with Crippen molar-refractivity contribution < 1.29 is 0 Å². The van der Waals surface area contributed by atoms with E-state index in [9.17, 15) is 0 Å². The van der Waals surface area contributed by atoms with E-state index in [1.807, 2.05) is 0 Å². The zero-order valence-corrected chi connectivity index (χ0v) is 12.3. The third-order valence-corrected chi connectivity index (χ3v) is 3.83. The fraction of sp³-hybridized carbons (Fsp3) is 1.00. The van der Waals surface area contributed by atoms with Crippen molar-refractivity contribution >= 4 is 0 Å². The monoisotopic (exact) mass is 225 g/mol. The highest BCUT2D eigenvalue weighted by Gasteiger charge is 2.34. The molecule has 0 spiro atoms. The first-order chi connectivity index (χ1) is 7.18. The Balaban J connectivity index is 2.02. The third kappa shape index (κ3) is 4.86. The second kappa shape index (κ2) is 5.08. The summed E-state index contributed by atoms with van der Waals surface area (Å²) in [4.78, 5) is 2.62. The van der Waals surface area contributed by atoms with E-state index >= 15 is 0 Å². The minimum Gasteiger partial charge on any atom is -0.303 e. The molecule has 0 aromatic heterocycles. The second-order valence-electron chi connectivity index (χ2n) is 7.84. The predicted molar refractivity (Wildman–Crippen MR) is 72.7 cm³/mol. The van der Waals surface area contributed by atoms with E-state index in [0.29, 0.717) is 10.8 Å². The molecule has 0 N–H and O–H groups in total. The molecule has 96 valence electrons. The molecular formula is C15H31N. The van der Waals surface area contributed by atoms with Crippen LogP contribution in [0.4, 0.5) is 0 Å². The van der Waals surface area contributed by atoms with E-state index in [4.69, 9.17) is 0 Å². The van der Waals surface area contributed by atoms with Crippen LogP contribution in [0.5, 0.6) is 0 Å². The lowest BCUT2D eigenvalue weighted by atomic mass is 9.76. The number of unbranched alkanes of at least 4 members (excludes halogenated alkanes) is 1. The fourth-order valence-corrected chi connectivity index (χ4v) is 2.29. The van der Waals surface area contributed by atoms with Gasteiger partial charge in [0.25, 0.3) is 0 Å². The summed E-state index contributed by atoms with van der Waals surface area (Å²) in [7, 11) is 0. The Morgan fingerprint density at radius 1 is 0.938 bits per heavy atom. The number of hydrogen-bond donors (Lipinski definition) is 0. The van der Waals surface area contributed by atoms with E-state index in [2.05, 4.69) is 46.4 Å². The second-order valence-corrected chi connectivity index (χ2v) is 7.84. The Bertz CT molecular complexity index is 200. The van der Waals surface area contributed by atoms with Gasteiger partial charge >= 0.3 is 0 Å². The summed E-state index contributed by atoms with van der Waals surface area (Å²) in [6, 6.07) is 0. The highest BCUT2D eigenvalue weighted by atomic mass is 15.2. The molecule has 0 radical (unpaired) electrons. The SMILES string of the molecule is CC(C)(C)CCCCN1CC(C(C)(C)C)C1. The Morgan fingerprint density at radius 2 is 1.50 bits per heavy atom. The van der Waals surface area contributed by atoms with Gasteiger partial charge in [-0.05, 0) is 36.1 Å². The maximum absolute atomic E-state index is 2.62. The summed E-state index contributed by atoms with van der Waals surface area (Å²) in [5, 5.41) is 0. The van der Waals surface area contributed by atoms with Gasteiger partial charge in [0, 0.05) is 13.1 Å². The molecule has 0 bridgehead atoms. The molecule has 1 nitrogen and oxygen atoms in total. The first kappa shape index (κ1) is 14.0. The van der Waals surface area contributed by atoms with Gasteiger partial charge in [-0.3, -0.25) is 0 Å². The average molecular weight is 225 g/mol. The first-order valence-electron chi connectivity index (χ1n) is 6.91. The average Bonchev–Trinajstić information content (AvgIpc) is 1.95. The topological polar surface area (TPSA) is 3.24 Å². The Labute approximate surface area is 103 Å². The minimum atomic E-state index is 0.516. The maximum Gasteiger partial charge on any atom is 0.00270 e. The number of hydrogen-bond acceptors (Lipinski definition) is 1. The van der Waals surface area contributed by atoms with Gasteiger partial charge in [0.15, 0.2) is 0 Å². The molecule has 0 atom stereocenters. The molecular weight excluding hydrogens is 194 g/mol. The zero-order valence-electron chi connectivity index (χ0n) is 12.3. The third-order valence-electron chi connectivity index (χ3n) is 3.83. The molecule has 1 heteroatoms. The van der Waals surface area contributed by atoms with Gasteiger partial charge in [-0.25, -0.2) is 0 Å². The summed E-state index contributed by atoms with van der Waals surface area (Å²) >= 11 is 0. The summed E-state index contributed by atoms with van der Waals surface area (Å²) in [6.45, 7) is 18.1. The number of rotatable bonds is 4. The van der Waals surface area contributed by atoms with Crippen molar-refractivity contribution in [3.8, 4) is 0 Å². The van der Waals surface area contributed by atoms with Gasteiger partial charge in [-0.2, -0.15) is 0 Å². The van der Waals surface area contributed by atoms with E-state index in [1.165, 1.54) is 38.9 Å². The number of likely N-dealkylation sites (tertiary alicyclic amines) is 1. The maximum atomic E-state index is 2.62. The van der Waals surface area contributed by atoms with Crippen LogP contribution in [0.15, 0.2) is 0 Å². The van der Waals surface area contributed by atoms with Crippen molar-refractivity contribution in [3.63, 3.8) is 0 Å². The standard InChI is InChI=1S/C15H31N/c1-14(2,3)9-7-8-10-16-11-13(12-16)15(4,5)6/h13H,7-12H2,1-6H3.